The van der Waals surface area contributed by atoms with Gasteiger partial charge in [0.05, 0.1) is 0 Å². The van der Waals surface area contributed by atoms with Gasteiger partial charge in [0, 0.05) is 21.2 Å². The van der Waals surface area contributed by atoms with Crippen molar-refractivity contribution in [1.29, 1.82) is 0 Å². The monoisotopic (exact) mass is 306 g/mol. The SMILES string of the molecule is Cc1cc(C)c(C)c(C(=O)c2cc(Cl)cc(Cl)c2)c1C. The minimum absolute atomic E-state index is 0.0313. The van der Waals surface area contributed by atoms with Crippen molar-refractivity contribution in [2.24, 2.45) is 0 Å². The number of benzene rings is 2. The second-order valence-corrected chi connectivity index (χ2v) is 6.00. The maximum Gasteiger partial charge on any atom is 0.193 e. The van der Waals surface area contributed by atoms with Crippen LogP contribution in [-0.2, 0) is 0 Å². The van der Waals surface area contributed by atoms with Gasteiger partial charge in [-0.25, -0.2) is 0 Å². The lowest BCUT2D eigenvalue weighted by atomic mass is 9.89. The molecule has 2 aromatic carbocycles. The van der Waals surface area contributed by atoms with Gasteiger partial charge in [-0.3, -0.25) is 4.79 Å². The predicted molar refractivity (Wildman–Crippen MR) is 85.3 cm³/mol. The van der Waals surface area contributed by atoms with Crippen molar-refractivity contribution in [3.8, 4) is 0 Å². The van der Waals surface area contributed by atoms with Crippen LogP contribution in [0, 0.1) is 27.7 Å². The molecule has 0 aliphatic carbocycles. The Hall–Kier alpha value is -1.31. The van der Waals surface area contributed by atoms with E-state index in [1.165, 1.54) is 0 Å². The zero-order chi connectivity index (χ0) is 15.0. The van der Waals surface area contributed by atoms with E-state index < -0.39 is 0 Å². The molecule has 0 bridgehead atoms. The average molecular weight is 307 g/mol. The van der Waals surface area contributed by atoms with Crippen molar-refractivity contribution < 1.29 is 4.79 Å². The number of ketones is 1. The van der Waals surface area contributed by atoms with Crippen LogP contribution in [0.25, 0.3) is 0 Å². The molecule has 1 nitrogen and oxygen atoms in total. The van der Waals surface area contributed by atoms with E-state index in [0.717, 1.165) is 27.8 Å². The summed E-state index contributed by atoms with van der Waals surface area (Å²) in [6.45, 7) is 7.98. The lowest BCUT2D eigenvalue weighted by Gasteiger charge is -2.14. The molecule has 0 aliphatic heterocycles. The Morgan fingerprint density at radius 1 is 0.800 bits per heavy atom. The highest BCUT2D eigenvalue weighted by molar-refractivity contribution is 6.35. The molecule has 0 heterocycles. The molecule has 0 aromatic heterocycles. The van der Waals surface area contributed by atoms with E-state index in [-0.39, 0.29) is 5.78 Å². The highest BCUT2D eigenvalue weighted by Crippen LogP contribution is 2.27. The Morgan fingerprint density at radius 2 is 1.25 bits per heavy atom. The van der Waals surface area contributed by atoms with Crippen LogP contribution in [0.4, 0.5) is 0 Å². The van der Waals surface area contributed by atoms with E-state index in [9.17, 15) is 4.79 Å². The lowest BCUT2D eigenvalue weighted by Crippen LogP contribution is -2.09. The number of carbonyl (C=O) groups is 1. The predicted octanol–water partition coefficient (Wildman–Crippen LogP) is 5.46. The van der Waals surface area contributed by atoms with Gasteiger partial charge in [-0.1, -0.05) is 29.3 Å². The van der Waals surface area contributed by atoms with Crippen molar-refractivity contribution in [1.82, 2.24) is 0 Å². The van der Waals surface area contributed by atoms with Gasteiger partial charge in [-0.15, -0.1) is 0 Å². The molecule has 2 aromatic rings. The van der Waals surface area contributed by atoms with E-state index in [4.69, 9.17) is 23.2 Å². The number of hydrogen-bond donors (Lipinski definition) is 0. The van der Waals surface area contributed by atoms with Crippen LogP contribution in [0.5, 0.6) is 0 Å². The first-order valence-electron chi connectivity index (χ1n) is 6.39. The van der Waals surface area contributed by atoms with Crippen LogP contribution in [0.1, 0.15) is 38.2 Å². The second-order valence-electron chi connectivity index (χ2n) is 5.12. The topological polar surface area (TPSA) is 17.1 Å². The van der Waals surface area contributed by atoms with Gasteiger partial charge in [-0.05, 0) is 68.1 Å². The van der Waals surface area contributed by atoms with Crippen LogP contribution >= 0.6 is 23.2 Å². The van der Waals surface area contributed by atoms with E-state index in [1.54, 1.807) is 18.2 Å². The molecule has 0 radical (unpaired) electrons. The van der Waals surface area contributed by atoms with Crippen molar-refractivity contribution in [2.75, 3.05) is 0 Å². The summed E-state index contributed by atoms with van der Waals surface area (Å²) in [7, 11) is 0. The quantitative estimate of drug-likeness (QED) is 0.673. The smallest absolute Gasteiger partial charge is 0.193 e. The highest BCUT2D eigenvalue weighted by atomic mass is 35.5. The number of rotatable bonds is 2. The van der Waals surface area contributed by atoms with Crippen molar-refractivity contribution in [3.63, 3.8) is 0 Å². The molecule has 0 saturated heterocycles. The molecule has 0 spiro atoms. The molecule has 0 amide bonds. The Kier molecular flexibility index (Phi) is 4.22. The summed E-state index contributed by atoms with van der Waals surface area (Å²) in [6, 6.07) is 7.05. The summed E-state index contributed by atoms with van der Waals surface area (Å²) >= 11 is 12.0. The van der Waals surface area contributed by atoms with Gasteiger partial charge < -0.3 is 0 Å². The summed E-state index contributed by atoms with van der Waals surface area (Å²) < 4.78 is 0. The van der Waals surface area contributed by atoms with Gasteiger partial charge in [0.25, 0.3) is 0 Å². The molecule has 0 fully saturated rings. The Labute approximate surface area is 129 Å². The van der Waals surface area contributed by atoms with Gasteiger partial charge in [0.15, 0.2) is 5.78 Å². The highest BCUT2D eigenvalue weighted by Gasteiger charge is 2.18. The summed E-state index contributed by atoms with van der Waals surface area (Å²) in [5, 5.41) is 0.945. The molecular formula is C17H16Cl2O. The molecule has 2 rings (SSSR count). The van der Waals surface area contributed by atoms with Gasteiger partial charge >= 0.3 is 0 Å². The van der Waals surface area contributed by atoms with Crippen LogP contribution in [0.3, 0.4) is 0 Å². The fourth-order valence-electron chi connectivity index (χ4n) is 2.39. The van der Waals surface area contributed by atoms with Gasteiger partial charge in [0.2, 0.25) is 0 Å². The molecule has 20 heavy (non-hydrogen) atoms. The Morgan fingerprint density at radius 3 is 1.70 bits per heavy atom. The second kappa shape index (κ2) is 5.59. The van der Waals surface area contributed by atoms with E-state index >= 15 is 0 Å². The zero-order valence-corrected chi connectivity index (χ0v) is 13.5. The summed E-state index contributed by atoms with van der Waals surface area (Å²) in [4.78, 5) is 12.8. The van der Waals surface area contributed by atoms with Crippen molar-refractivity contribution in [2.45, 2.75) is 27.7 Å². The standard InChI is InChI=1S/C17H16Cl2O/c1-9-5-10(2)12(4)16(11(9)3)17(20)13-6-14(18)8-15(19)7-13/h5-8H,1-4H3. The van der Waals surface area contributed by atoms with E-state index in [2.05, 4.69) is 6.07 Å². The molecule has 0 unspecified atom stereocenters. The zero-order valence-electron chi connectivity index (χ0n) is 12.0. The normalized spacial score (nSPS) is 10.7. The summed E-state index contributed by atoms with van der Waals surface area (Å²) in [6.07, 6.45) is 0. The third-order valence-corrected chi connectivity index (χ3v) is 4.15. The van der Waals surface area contributed by atoms with Crippen LogP contribution in [-0.4, -0.2) is 5.78 Å². The molecule has 0 atom stereocenters. The number of halogens is 2. The van der Waals surface area contributed by atoms with Crippen molar-refractivity contribution >= 4 is 29.0 Å². The maximum atomic E-state index is 12.8. The van der Waals surface area contributed by atoms with E-state index in [1.807, 2.05) is 27.7 Å². The number of aryl methyl sites for hydroxylation is 2. The lowest BCUT2D eigenvalue weighted by molar-refractivity contribution is 0.103. The van der Waals surface area contributed by atoms with Crippen LogP contribution in [0.2, 0.25) is 10.0 Å². The molecule has 0 aliphatic rings. The van der Waals surface area contributed by atoms with Crippen LogP contribution in [0.15, 0.2) is 24.3 Å². The first-order chi connectivity index (χ1) is 9.31. The number of hydrogen-bond acceptors (Lipinski definition) is 1. The maximum absolute atomic E-state index is 12.8. The molecular weight excluding hydrogens is 291 g/mol. The molecule has 3 heteroatoms. The molecule has 0 N–H and O–H groups in total. The largest absolute Gasteiger partial charge is 0.289 e. The first kappa shape index (κ1) is 15.1. The first-order valence-corrected chi connectivity index (χ1v) is 7.15. The van der Waals surface area contributed by atoms with E-state index in [0.29, 0.717) is 15.6 Å². The summed E-state index contributed by atoms with van der Waals surface area (Å²) in [5.74, 6) is -0.0313. The third-order valence-electron chi connectivity index (χ3n) is 3.72. The fourth-order valence-corrected chi connectivity index (χ4v) is 2.91. The fraction of sp³-hybridized carbons (Fsp3) is 0.235. The average Bonchev–Trinajstić information content (AvgIpc) is 2.35. The minimum atomic E-state index is -0.0313. The Balaban J connectivity index is 2.65. The molecule has 104 valence electrons. The number of carbonyl (C=O) groups excluding carboxylic acids is 1. The van der Waals surface area contributed by atoms with Crippen LogP contribution < -0.4 is 0 Å². The molecule has 0 saturated carbocycles. The minimum Gasteiger partial charge on any atom is -0.289 e. The summed E-state index contributed by atoms with van der Waals surface area (Å²) in [5.41, 5.74) is 5.53. The van der Waals surface area contributed by atoms with Gasteiger partial charge in [0.1, 0.15) is 0 Å². The van der Waals surface area contributed by atoms with Gasteiger partial charge in [-0.2, -0.15) is 0 Å². The third kappa shape index (κ3) is 2.74. The Bertz CT molecular complexity index is 656. The van der Waals surface area contributed by atoms with Crippen molar-refractivity contribution in [3.05, 3.63) is 67.7 Å².